The molecule has 3 nitrogen and oxygen atoms in total. The van der Waals surface area contributed by atoms with Gasteiger partial charge in [0.25, 0.3) is 0 Å². The highest BCUT2D eigenvalue weighted by molar-refractivity contribution is 5.29. The second kappa shape index (κ2) is 5.33. The fraction of sp³-hybridized carbons (Fsp3) is 0.667. The lowest BCUT2D eigenvalue weighted by molar-refractivity contribution is 0.169. The number of hydrogen-bond acceptors (Lipinski definition) is 3. The topological polar surface area (TPSA) is 47.3 Å². The van der Waals surface area contributed by atoms with Gasteiger partial charge in [0, 0.05) is 31.5 Å². The van der Waals surface area contributed by atoms with E-state index in [0.29, 0.717) is 12.5 Å². The standard InChI is InChI=1S/C12H22N2O/c1-4-14-11-5-6-12(13,7-8-15-3)10(2)9-11/h5-6,9-10,14H,4,7-8,13H2,1-3H3. The van der Waals surface area contributed by atoms with Gasteiger partial charge in [-0.25, -0.2) is 0 Å². The van der Waals surface area contributed by atoms with Gasteiger partial charge in [0.2, 0.25) is 0 Å². The Hall–Kier alpha value is -0.800. The summed E-state index contributed by atoms with van der Waals surface area (Å²) in [6.45, 7) is 5.89. The van der Waals surface area contributed by atoms with Gasteiger partial charge in [-0.05, 0) is 25.3 Å². The normalized spacial score (nSPS) is 30.1. The first-order valence-electron chi connectivity index (χ1n) is 5.55. The molecule has 0 aliphatic heterocycles. The van der Waals surface area contributed by atoms with Crippen molar-refractivity contribution >= 4 is 0 Å². The summed E-state index contributed by atoms with van der Waals surface area (Å²) in [5, 5.41) is 3.30. The Morgan fingerprint density at radius 1 is 1.60 bits per heavy atom. The number of likely N-dealkylation sites (N-methyl/N-ethyl adjacent to an activating group) is 1. The molecule has 0 spiro atoms. The molecule has 0 amide bonds. The molecule has 2 unspecified atom stereocenters. The van der Waals surface area contributed by atoms with Crippen molar-refractivity contribution in [3.05, 3.63) is 23.9 Å². The van der Waals surface area contributed by atoms with Gasteiger partial charge >= 0.3 is 0 Å². The molecule has 15 heavy (non-hydrogen) atoms. The number of methoxy groups -OCH3 is 1. The van der Waals surface area contributed by atoms with Crippen LogP contribution in [-0.4, -0.2) is 25.8 Å². The van der Waals surface area contributed by atoms with Crippen LogP contribution in [0.15, 0.2) is 23.9 Å². The van der Waals surface area contributed by atoms with Gasteiger partial charge in [-0.2, -0.15) is 0 Å². The predicted octanol–water partition coefficient (Wildman–Crippen LogP) is 1.42. The summed E-state index contributed by atoms with van der Waals surface area (Å²) in [7, 11) is 1.71. The van der Waals surface area contributed by atoms with Crippen LogP contribution in [0, 0.1) is 5.92 Å². The summed E-state index contributed by atoms with van der Waals surface area (Å²) in [5.41, 5.74) is 7.22. The smallest absolute Gasteiger partial charge is 0.0483 e. The largest absolute Gasteiger partial charge is 0.386 e. The summed E-state index contributed by atoms with van der Waals surface area (Å²) in [6.07, 6.45) is 7.21. The molecule has 3 N–H and O–H groups in total. The van der Waals surface area contributed by atoms with Crippen LogP contribution >= 0.6 is 0 Å². The molecule has 3 heteroatoms. The molecule has 0 aromatic rings. The number of rotatable bonds is 5. The average molecular weight is 210 g/mol. The van der Waals surface area contributed by atoms with Crippen LogP contribution in [0.4, 0.5) is 0 Å². The Morgan fingerprint density at radius 3 is 2.87 bits per heavy atom. The van der Waals surface area contributed by atoms with Crippen LogP contribution < -0.4 is 11.1 Å². The third-order valence-corrected chi connectivity index (χ3v) is 2.97. The molecule has 0 fully saturated rings. The highest BCUT2D eigenvalue weighted by Gasteiger charge is 2.29. The molecule has 0 saturated carbocycles. The van der Waals surface area contributed by atoms with Crippen LogP contribution in [0.3, 0.4) is 0 Å². The molecule has 0 heterocycles. The van der Waals surface area contributed by atoms with E-state index in [2.05, 4.69) is 37.4 Å². The number of hydrogen-bond donors (Lipinski definition) is 2. The molecule has 86 valence electrons. The molecule has 1 rings (SSSR count). The number of nitrogens with one attached hydrogen (secondary N) is 1. The van der Waals surface area contributed by atoms with Gasteiger partial charge < -0.3 is 15.8 Å². The minimum absolute atomic E-state index is 0.255. The first-order chi connectivity index (χ1) is 7.12. The SMILES string of the molecule is CCNC1=CC(C)C(N)(CCOC)C=C1. The van der Waals surface area contributed by atoms with E-state index in [1.807, 2.05) is 0 Å². The highest BCUT2D eigenvalue weighted by atomic mass is 16.5. The summed E-state index contributed by atoms with van der Waals surface area (Å²) >= 11 is 0. The van der Waals surface area contributed by atoms with Gasteiger partial charge in [0.05, 0.1) is 0 Å². The number of ether oxygens (including phenoxy) is 1. The molecule has 1 aliphatic rings. The van der Waals surface area contributed by atoms with Gasteiger partial charge in [-0.3, -0.25) is 0 Å². The molecule has 0 radical (unpaired) electrons. The van der Waals surface area contributed by atoms with Crippen molar-refractivity contribution in [3.63, 3.8) is 0 Å². The molecule has 0 saturated heterocycles. The first kappa shape index (κ1) is 12.3. The quantitative estimate of drug-likeness (QED) is 0.721. The summed E-state index contributed by atoms with van der Waals surface area (Å²) in [6, 6.07) is 0. The second-order valence-electron chi connectivity index (χ2n) is 4.13. The van der Waals surface area contributed by atoms with Crippen molar-refractivity contribution in [2.45, 2.75) is 25.8 Å². The van der Waals surface area contributed by atoms with Crippen LogP contribution in [0.1, 0.15) is 20.3 Å². The Morgan fingerprint density at radius 2 is 2.33 bits per heavy atom. The summed E-state index contributed by atoms with van der Waals surface area (Å²) in [4.78, 5) is 0. The summed E-state index contributed by atoms with van der Waals surface area (Å²) in [5.74, 6) is 0.340. The molecule has 0 aromatic heterocycles. The summed E-state index contributed by atoms with van der Waals surface area (Å²) < 4.78 is 5.08. The van der Waals surface area contributed by atoms with Gasteiger partial charge in [-0.1, -0.05) is 19.1 Å². The van der Waals surface area contributed by atoms with Crippen molar-refractivity contribution in [3.8, 4) is 0 Å². The van der Waals surface area contributed by atoms with Crippen LogP contribution in [0.2, 0.25) is 0 Å². The molecule has 0 bridgehead atoms. The van der Waals surface area contributed by atoms with E-state index in [1.165, 1.54) is 5.70 Å². The lowest BCUT2D eigenvalue weighted by Gasteiger charge is -2.34. The van der Waals surface area contributed by atoms with Crippen molar-refractivity contribution in [2.24, 2.45) is 11.7 Å². The first-order valence-corrected chi connectivity index (χ1v) is 5.55. The van der Waals surface area contributed by atoms with Crippen molar-refractivity contribution < 1.29 is 4.74 Å². The van der Waals surface area contributed by atoms with Gasteiger partial charge in [0.15, 0.2) is 0 Å². The van der Waals surface area contributed by atoms with E-state index < -0.39 is 0 Å². The third-order valence-electron chi connectivity index (χ3n) is 2.97. The third kappa shape index (κ3) is 3.08. The predicted molar refractivity (Wildman–Crippen MR) is 63.5 cm³/mol. The van der Waals surface area contributed by atoms with Crippen molar-refractivity contribution in [1.82, 2.24) is 5.32 Å². The van der Waals surface area contributed by atoms with E-state index in [4.69, 9.17) is 10.5 Å². The molecular weight excluding hydrogens is 188 g/mol. The van der Waals surface area contributed by atoms with E-state index >= 15 is 0 Å². The highest BCUT2D eigenvalue weighted by Crippen LogP contribution is 2.26. The Kier molecular flexibility index (Phi) is 4.36. The maximum atomic E-state index is 6.31. The zero-order chi connectivity index (χ0) is 11.3. The lowest BCUT2D eigenvalue weighted by atomic mass is 9.79. The molecule has 2 atom stereocenters. The monoisotopic (exact) mass is 210 g/mol. The van der Waals surface area contributed by atoms with Crippen LogP contribution in [0.25, 0.3) is 0 Å². The zero-order valence-electron chi connectivity index (χ0n) is 9.92. The molecule has 1 aliphatic carbocycles. The lowest BCUT2D eigenvalue weighted by Crippen LogP contribution is -2.46. The van der Waals surface area contributed by atoms with E-state index in [0.717, 1.165) is 13.0 Å². The number of allylic oxidation sites excluding steroid dienone is 1. The van der Waals surface area contributed by atoms with E-state index in [9.17, 15) is 0 Å². The van der Waals surface area contributed by atoms with Gasteiger partial charge in [0.1, 0.15) is 0 Å². The Labute approximate surface area is 92.4 Å². The van der Waals surface area contributed by atoms with Crippen LogP contribution in [-0.2, 0) is 4.74 Å². The van der Waals surface area contributed by atoms with Crippen molar-refractivity contribution in [1.29, 1.82) is 0 Å². The van der Waals surface area contributed by atoms with E-state index in [-0.39, 0.29) is 5.54 Å². The van der Waals surface area contributed by atoms with E-state index in [1.54, 1.807) is 7.11 Å². The Bertz CT molecular complexity index is 260. The fourth-order valence-electron chi connectivity index (χ4n) is 1.79. The zero-order valence-corrected chi connectivity index (χ0v) is 9.92. The maximum Gasteiger partial charge on any atom is 0.0483 e. The minimum atomic E-state index is -0.255. The Balaban J connectivity index is 2.63. The average Bonchev–Trinajstić information content (AvgIpc) is 2.22. The second-order valence-corrected chi connectivity index (χ2v) is 4.13. The van der Waals surface area contributed by atoms with Crippen LogP contribution in [0.5, 0.6) is 0 Å². The molecule has 0 aromatic carbocycles. The minimum Gasteiger partial charge on any atom is -0.386 e. The maximum absolute atomic E-state index is 6.31. The van der Waals surface area contributed by atoms with Crippen molar-refractivity contribution in [2.75, 3.05) is 20.3 Å². The molecular formula is C12H22N2O. The fourth-order valence-corrected chi connectivity index (χ4v) is 1.79. The van der Waals surface area contributed by atoms with Gasteiger partial charge in [-0.15, -0.1) is 0 Å². The number of nitrogens with two attached hydrogens (primary N) is 1.